The molecule has 0 saturated heterocycles. The molecule has 1 aromatic carbocycles. The normalized spacial score (nSPS) is 10.6. The summed E-state index contributed by atoms with van der Waals surface area (Å²) in [6, 6.07) is 4.92. The molecule has 9 heavy (non-hydrogen) atoms. The molecule has 0 radical (unpaired) electrons. The maximum Gasteiger partial charge on any atom is 0.151 e. The molecule has 0 unspecified atom stereocenters. The molecule has 0 aliphatic carbocycles. The SMILES string of the molecule is [2H]c1cccc(Cl)c1C=O. The van der Waals surface area contributed by atoms with Gasteiger partial charge in [-0.2, -0.15) is 0 Å². The van der Waals surface area contributed by atoms with Crippen molar-refractivity contribution < 1.29 is 6.17 Å². The van der Waals surface area contributed by atoms with E-state index in [1.165, 1.54) is 6.07 Å². The zero-order valence-electron chi connectivity index (χ0n) is 5.60. The Morgan fingerprint density at radius 1 is 1.67 bits per heavy atom. The van der Waals surface area contributed by atoms with Crippen molar-refractivity contribution >= 4 is 17.9 Å². The molecule has 0 bridgehead atoms. The Morgan fingerprint density at radius 3 is 2.89 bits per heavy atom. The first-order valence-electron chi connectivity index (χ1n) is 2.96. The van der Waals surface area contributed by atoms with Crippen molar-refractivity contribution in [3.05, 3.63) is 34.8 Å². The molecule has 0 heterocycles. The largest absolute Gasteiger partial charge is 0.298 e. The highest BCUT2D eigenvalue weighted by atomic mass is 35.5. The number of aldehydes is 1. The van der Waals surface area contributed by atoms with E-state index in [0.29, 0.717) is 11.3 Å². The molecule has 0 aliphatic heterocycles. The van der Waals surface area contributed by atoms with E-state index >= 15 is 0 Å². The lowest BCUT2D eigenvalue weighted by molar-refractivity contribution is 0.112. The van der Waals surface area contributed by atoms with Crippen LogP contribution < -0.4 is 0 Å². The van der Waals surface area contributed by atoms with Crippen molar-refractivity contribution in [2.75, 3.05) is 0 Å². The van der Waals surface area contributed by atoms with Crippen LogP contribution in [0.15, 0.2) is 24.2 Å². The van der Waals surface area contributed by atoms with E-state index in [0.717, 1.165) is 0 Å². The smallest absolute Gasteiger partial charge is 0.151 e. The van der Waals surface area contributed by atoms with Crippen LogP contribution in [0.1, 0.15) is 11.7 Å². The van der Waals surface area contributed by atoms with Gasteiger partial charge >= 0.3 is 0 Å². The summed E-state index contributed by atoms with van der Waals surface area (Å²) in [4.78, 5) is 10.2. The minimum Gasteiger partial charge on any atom is -0.298 e. The fraction of sp³-hybridized carbons (Fsp3) is 0. The second kappa shape index (κ2) is 2.65. The standard InChI is InChI=1S/C7H5ClO/c8-7-4-2-1-3-6(7)5-9/h1-5H/i3D. The van der Waals surface area contributed by atoms with E-state index in [1.54, 1.807) is 12.1 Å². The Hall–Kier alpha value is -0.820. The van der Waals surface area contributed by atoms with Gasteiger partial charge in [-0.25, -0.2) is 0 Å². The summed E-state index contributed by atoms with van der Waals surface area (Å²) in [6.45, 7) is 0. The summed E-state index contributed by atoms with van der Waals surface area (Å²) in [5.74, 6) is 0. The van der Waals surface area contributed by atoms with Gasteiger partial charge in [-0.1, -0.05) is 29.8 Å². The third-order valence-corrected chi connectivity index (χ3v) is 1.28. The number of benzene rings is 1. The Kier molecular flexibility index (Phi) is 1.47. The molecule has 46 valence electrons. The molecule has 1 aromatic rings. The lowest BCUT2D eigenvalue weighted by Gasteiger charge is -1.90. The molecule has 0 amide bonds. The Balaban J connectivity index is 3.30. The van der Waals surface area contributed by atoms with Crippen LogP contribution in [0.4, 0.5) is 0 Å². The van der Waals surface area contributed by atoms with Crippen LogP contribution >= 0.6 is 11.6 Å². The molecular formula is C7H5ClO. The Morgan fingerprint density at radius 2 is 2.44 bits per heavy atom. The van der Waals surface area contributed by atoms with Crippen LogP contribution in [-0.2, 0) is 0 Å². The van der Waals surface area contributed by atoms with E-state index in [9.17, 15) is 4.79 Å². The third kappa shape index (κ3) is 1.30. The molecule has 0 aliphatic rings. The summed E-state index contributed by atoms with van der Waals surface area (Å²) >= 11 is 5.58. The molecule has 0 aromatic heterocycles. The number of carbonyl (C=O) groups excluding carboxylic acids is 1. The van der Waals surface area contributed by atoms with Crippen LogP contribution in [0.3, 0.4) is 0 Å². The van der Waals surface area contributed by atoms with Crippen LogP contribution in [0.5, 0.6) is 0 Å². The van der Waals surface area contributed by atoms with Crippen LogP contribution in [-0.4, -0.2) is 6.29 Å². The highest BCUT2D eigenvalue weighted by Gasteiger charge is 1.92. The van der Waals surface area contributed by atoms with Gasteiger partial charge in [0.15, 0.2) is 6.29 Å². The summed E-state index contributed by atoms with van der Waals surface area (Å²) in [5.41, 5.74) is 0.254. The van der Waals surface area contributed by atoms with Gasteiger partial charge in [-0.05, 0) is 6.07 Å². The van der Waals surface area contributed by atoms with Gasteiger partial charge in [0, 0.05) is 5.56 Å². The molecule has 0 atom stereocenters. The first kappa shape index (κ1) is 5.00. The predicted octanol–water partition coefficient (Wildman–Crippen LogP) is 2.15. The predicted molar refractivity (Wildman–Crippen MR) is 36.8 cm³/mol. The van der Waals surface area contributed by atoms with Crippen molar-refractivity contribution in [2.24, 2.45) is 0 Å². The minimum absolute atomic E-state index is 0.169. The van der Waals surface area contributed by atoms with Gasteiger partial charge < -0.3 is 0 Å². The molecule has 0 spiro atoms. The van der Waals surface area contributed by atoms with E-state index in [4.69, 9.17) is 13.0 Å². The highest BCUT2D eigenvalue weighted by Crippen LogP contribution is 2.11. The Labute approximate surface area is 59.7 Å². The lowest BCUT2D eigenvalue weighted by Crippen LogP contribution is -1.77. The van der Waals surface area contributed by atoms with Gasteiger partial charge in [-0.15, -0.1) is 0 Å². The molecule has 1 rings (SSSR count). The maximum atomic E-state index is 10.2. The number of rotatable bonds is 1. The fourth-order valence-electron chi connectivity index (χ4n) is 0.520. The fourth-order valence-corrected chi connectivity index (χ4v) is 0.691. The number of carbonyl (C=O) groups is 1. The van der Waals surface area contributed by atoms with Gasteiger partial charge in [0.25, 0.3) is 0 Å². The van der Waals surface area contributed by atoms with E-state index in [1.807, 2.05) is 0 Å². The van der Waals surface area contributed by atoms with Gasteiger partial charge in [-0.3, -0.25) is 4.79 Å². The highest BCUT2D eigenvalue weighted by molar-refractivity contribution is 6.32. The van der Waals surface area contributed by atoms with Gasteiger partial charge in [0.2, 0.25) is 0 Å². The topological polar surface area (TPSA) is 17.1 Å². The van der Waals surface area contributed by atoms with Crippen molar-refractivity contribution in [1.82, 2.24) is 0 Å². The van der Waals surface area contributed by atoms with Crippen molar-refractivity contribution in [3.8, 4) is 0 Å². The van der Waals surface area contributed by atoms with Crippen molar-refractivity contribution in [2.45, 2.75) is 0 Å². The molecule has 0 N–H and O–H groups in total. The molecular weight excluding hydrogens is 136 g/mol. The quantitative estimate of drug-likeness (QED) is 0.548. The average Bonchev–Trinajstić information content (AvgIpc) is 1.88. The molecule has 1 nitrogen and oxygen atoms in total. The summed E-state index contributed by atoms with van der Waals surface area (Å²) < 4.78 is 7.20. The van der Waals surface area contributed by atoms with Gasteiger partial charge in [0.05, 0.1) is 6.39 Å². The van der Waals surface area contributed by atoms with Crippen LogP contribution in [0.2, 0.25) is 5.02 Å². The van der Waals surface area contributed by atoms with Crippen molar-refractivity contribution in [1.29, 1.82) is 0 Å². The summed E-state index contributed by atoms with van der Waals surface area (Å²) in [6.07, 6.45) is 0.588. The van der Waals surface area contributed by atoms with Crippen LogP contribution in [0.25, 0.3) is 0 Å². The zero-order chi connectivity index (χ0) is 7.56. The minimum atomic E-state index is 0.169. The second-order valence-corrected chi connectivity index (χ2v) is 1.96. The average molecular weight is 142 g/mol. The molecule has 2 heteroatoms. The van der Waals surface area contributed by atoms with Crippen molar-refractivity contribution in [3.63, 3.8) is 0 Å². The van der Waals surface area contributed by atoms with Crippen LogP contribution in [0, 0.1) is 0 Å². The van der Waals surface area contributed by atoms with E-state index < -0.39 is 0 Å². The van der Waals surface area contributed by atoms with Gasteiger partial charge in [0.1, 0.15) is 0 Å². The second-order valence-electron chi connectivity index (χ2n) is 1.55. The Bertz CT molecular complexity index is 240. The van der Waals surface area contributed by atoms with E-state index in [2.05, 4.69) is 0 Å². The third-order valence-electron chi connectivity index (χ3n) is 0.953. The molecule has 0 saturated carbocycles. The van der Waals surface area contributed by atoms with E-state index in [-0.39, 0.29) is 11.6 Å². The first-order valence-corrected chi connectivity index (χ1v) is 2.84. The lowest BCUT2D eigenvalue weighted by atomic mass is 10.2. The summed E-state index contributed by atoms with van der Waals surface area (Å²) in [5, 5.41) is 0.336. The first-order chi connectivity index (χ1) is 4.75. The number of halogens is 1. The zero-order valence-corrected chi connectivity index (χ0v) is 5.35. The number of hydrogen-bond donors (Lipinski definition) is 0. The maximum absolute atomic E-state index is 10.2. The summed E-state index contributed by atoms with van der Waals surface area (Å²) in [7, 11) is 0. The molecule has 0 fully saturated rings. The monoisotopic (exact) mass is 141 g/mol. The number of hydrogen-bond acceptors (Lipinski definition) is 1.